The second-order valence-electron chi connectivity index (χ2n) is 9.44. The number of benzene rings is 2. The molecule has 2 aromatic carbocycles. The monoisotopic (exact) mass is 473 g/mol. The van der Waals surface area contributed by atoms with Gasteiger partial charge in [0.05, 0.1) is 18.7 Å². The van der Waals surface area contributed by atoms with Gasteiger partial charge in [-0.15, -0.1) is 0 Å². The minimum absolute atomic E-state index is 0.00127. The summed E-state index contributed by atoms with van der Waals surface area (Å²) in [6, 6.07) is 18.5. The molecule has 1 fully saturated rings. The number of amides is 1. The summed E-state index contributed by atoms with van der Waals surface area (Å²) in [5.41, 5.74) is 5.75. The molecule has 6 heteroatoms. The van der Waals surface area contributed by atoms with Crippen molar-refractivity contribution in [1.82, 2.24) is 15.1 Å². The fourth-order valence-electron chi connectivity index (χ4n) is 5.25. The molecule has 2 N–H and O–H groups in total. The van der Waals surface area contributed by atoms with Crippen molar-refractivity contribution in [2.24, 2.45) is 0 Å². The predicted octanol–water partition coefficient (Wildman–Crippen LogP) is 5.14. The number of nitrogens with one attached hydrogen (secondary N) is 1. The van der Waals surface area contributed by atoms with Crippen LogP contribution in [0.15, 0.2) is 54.6 Å². The molecule has 35 heavy (non-hydrogen) atoms. The highest BCUT2D eigenvalue weighted by atomic mass is 16.4. The minimum Gasteiger partial charge on any atom is -0.481 e. The highest BCUT2D eigenvalue weighted by molar-refractivity contribution is 5.94. The van der Waals surface area contributed by atoms with E-state index in [1.165, 1.54) is 5.56 Å². The summed E-state index contributed by atoms with van der Waals surface area (Å²) < 4.78 is 1.91. The van der Waals surface area contributed by atoms with Crippen molar-refractivity contribution >= 4 is 11.9 Å². The van der Waals surface area contributed by atoms with Crippen molar-refractivity contribution in [2.75, 3.05) is 0 Å². The van der Waals surface area contributed by atoms with Gasteiger partial charge >= 0.3 is 5.97 Å². The normalized spacial score (nSPS) is 17.8. The molecule has 3 aromatic rings. The van der Waals surface area contributed by atoms with E-state index < -0.39 is 5.97 Å². The second-order valence-corrected chi connectivity index (χ2v) is 9.44. The van der Waals surface area contributed by atoms with E-state index >= 15 is 0 Å². The Morgan fingerprint density at radius 1 is 0.971 bits per heavy atom. The maximum absolute atomic E-state index is 12.8. The standard InChI is InChI=1S/C29H35N3O3/c1-3-26-25(18-28(33)34)27(4-2)32(31-26)19-20-10-12-23(13-11-20)29(35)30-24-16-14-22(15-17-24)21-8-6-5-7-9-21/h5-13,22,24H,3-4,14-19H2,1-2H3,(H,30,35)(H,33,34)/t22-,24-. The Balaban J connectivity index is 1.36. The van der Waals surface area contributed by atoms with Gasteiger partial charge in [0.25, 0.3) is 5.91 Å². The van der Waals surface area contributed by atoms with Gasteiger partial charge in [-0.05, 0) is 67.7 Å². The molecule has 0 radical (unpaired) electrons. The molecule has 6 nitrogen and oxygen atoms in total. The third kappa shape index (κ3) is 5.99. The van der Waals surface area contributed by atoms with Crippen molar-refractivity contribution < 1.29 is 14.7 Å². The molecule has 1 aliphatic carbocycles. The Kier molecular flexibility index (Phi) is 8.01. The van der Waals surface area contributed by atoms with Crippen LogP contribution in [0.1, 0.15) is 83.9 Å². The Morgan fingerprint density at radius 3 is 2.26 bits per heavy atom. The molecular formula is C29H35N3O3. The fraction of sp³-hybridized carbons (Fsp3) is 0.414. The first-order chi connectivity index (χ1) is 17.0. The molecule has 0 unspecified atom stereocenters. The van der Waals surface area contributed by atoms with Crippen LogP contribution in [-0.2, 0) is 30.6 Å². The lowest BCUT2D eigenvalue weighted by molar-refractivity contribution is -0.136. The lowest BCUT2D eigenvalue weighted by atomic mass is 9.82. The number of carboxylic acid groups (broad SMARTS) is 1. The molecule has 1 aliphatic rings. The van der Waals surface area contributed by atoms with Gasteiger partial charge in [0.2, 0.25) is 0 Å². The molecule has 1 heterocycles. The van der Waals surface area contributed by atoms with E-state index in [-0.39, 0.29) is 18.4 Å². The number of aryl methyl sites for hydroxylation is 1. The van der Waals surface area contributed by atoms with Gasteiger partial charge in [-0.2, -0.15) is 5.10 Å². The number of carbonyl (C=O) groups is 2. The molecule has 184 valence electrons. The Bertz CT molecular complexity index is 1140. The molecule has 4 rings (SSSR count). The van der Waals surface area contributed by atoms with Gasteiger partial charge in [-0.1, -0.05) is 56.3 Å². The van der Waals surface area contributed by atoms with Crippen molar-refractivity contribution in [3.05, 3.63) is 88.2 Å². The summed E-state index contributed by atoms with van der Waals surface area (Å²) in [4.78, 5) is 24.2. The van der Waals surface area contributed by atoms with E-state index in [2.05, 4.69) is 40.7 Å². The van der Waals surface area contributed by atoms with E-state index in [1.54, 1.807) is 0 Å². The maximum atomic E-state index is 12.8. The van der Waals surface area contributed by atoms with Crippen LogP contribution < -0.4 is 5.32 Å². The number of carbonyl (C=O) groups excluding carboxylic acids is 1. The molecule has 1 saturated carbocycles. The molecule has 0 bridgehead atoms. The first-order valence-electron chi connectivity index (χ1n) is 12.7. The zero-order valence-electron chi connectivity index (χ0n) is 20.7. The van der Waals surface area contributed by atoms with Gasteiger partial charge in [-0.25, -0.2) is 0 Å². The summed E-state index contributed by atoms with van der Waals surface area (Å²) in [6.07, 6.45) is 5.63. The number of hydrogen-bond donors (Lipinski definition) is 2. The van der Waals surface area contributed by atoms with Crippen molar-refractivity contribution in [3.8, 4) is 0 Å². The number of rotatable bonds is 9. The van der Waals surface area contributed by atoms with Crippen LogP contribution in [0, 0.1) is 0 Å². The number of nitrogens with zero attached hydrogens (tertiary/aromatic N) is 2. The third-order valence-corrected chi connectivity index (χ3v) is 7.13. The zero-order chi connectivity index (χ0) is 24.8. The Morgan fingerprint density at radius 2 is 1.66 bits per heavy atom. The first kappa shape index (κ1) is 24.7. The number of carboxylic acids is 1. The minimum atomic E-state index is -0.835. The molecule has 1 amide bonds. The van der Waals surface area contributed by atoms with Crippen LogP contribution in [0.5, 0.6) is 0 Å². The average molecular weight is 474 g/mol. The SMILES string of the molecule is CCc1nn(Cc2ccc(C(=O)N[C@H]3CC[C@H](c4ccccc4)CC3)cc2)c(CC)c1CC(=O)O. The number of aromatic nitrogens is 2. The van der Waals surface area contributed by atoms with Crippen LogP contribution in [0.2, 0.25) is 0 Å². The van der Waals surface area contributed by atoms with Gasteiger partial charge in [0, 0.05) is 22.9 Å². The van der Waals surface area contributed by atoms with E-state index in [0.29, 0.717) is 24.4 Å². The molecule has 0 saturated heterocycles. The predicted molar refractivity (Wildman–Crippen MR) is 137 cm³/mol. The molecular weight excluding hydrogens is 438 g/mol. The summed E-state index contributed by atoms with van der Waals surface area (Å²) in [6.45, 7) is 4.58. The first-order valence-corrected chi connectivity index (χ1v) is 12.7. The topological polar surface area (TPSA) is 84.2 Å². The average Bonchev–Trinajstić information content (AvgIpc) is 3.20. The Labute approximate surface area is 207 Å². The van der Waals surface area contributed by atoms with Crippen molar-refractivity contribution in [1.29, 1.82) is 0 Å². The van der Waals surface area contributed by atoms with E-state index in [9.17, 15) is 14.7 Å². The van der Waals surface area contributed by atoms with Crippen LogP contribution in [-0.4, -0.2) is 32.8 Å². The summed E-state index contributed by atoms with van der Waals surface area (Å²) in [7, 11) is 0. The molecule has 0 atom stereocenters. The fourth-order valence-corrected chi connectivity index (χ4v) is 5.25. The quantitative estimate of drug-likeness (QED) is 0.451. The van der Waals surface area contributed by atoms with Crippen molar-refractivity contribution in [2.45, 2.75) is 77.3 Å². The van der Waals surface area contributed by atoms with Crippen LogP contribution >= 0.6 is 0 Å². The van der Waals surface area contributed by atoms with Gasteiger partial charge in [0.1, 0.15) is 0 Å². The number of hydrogen-bond acceptors (Lipinski definition) is 3. The summed E-state index contributed by atoms with van der Waals surface area (Å²) >= 11 is 0. The highest BCUT2D eigenvalue weighted by Gasteiger charge is 2.24. The molecule has 1 aromatic heterocycles. The third-order valence-electron chi connectivity index (χ3n) is 7.13. The lowest BCUT2D eigenvalue weighted by Gasteiger charge is -2.29. The van der Waals surface area contributed by atoms with Gasteiger partial charge in [0.15, 0.2) is 0 Å². The summed E-state index contributed by atoms with van der Waals surface area (Å²) in [5, 5.41) is 17.2. The maximum Gasteiger partial charge on any atom is 0.307 e. The van der Waals surface area contributed by atoms with E-state index in [4.69, 9.17) is 0 Å². The van der Waals surface area contributed by atoms with Crippen LogP contribution in [0.4, 0.5) is 0 Å². The highest BCUT2D eigenvalue weighted by Crippen LogP contribution is 2.32. The smallest absolute Gasteiger partial charge is 0.307 e. The van der Waals surface area contributed by atoms with E-state index in [1.807, 2.05) is 42.8 Å². The molecule has 0 spiro atoms. The van der Waals surface area contributed by atoms with E-state index in [0.717, 1.165) is 54.6 Å². The largest absolute Gasteiger partial charge is 0.481 e. The summed E-state index contributed by atoms with van der Waals surface area (Å²) in [5.74, 6) is -0.272. The Hall–Kier alpha value is -3.41. The molecule has 0 aliphatic heterocycles. The van der Waals surface area contributed by atoms with Gasteiger partial charge < -0.3 is 10.4 Å². The second kappa shape index (κ2) is 11.3. The van der Waals surface area contributed by atoms with Crippen molar-refractivity contribution in [3.63, 3.8) is 0 Å². The lowest BCUT2D eigenvalue weighted by Crippen LogP contribution is -2.37. The number of aliphatic carboxylic acids is 1. The zero-order valence-corrected chi connectivity index (χ0v) is 20.7. The van der Waals surface area contributed by atoms with Crippen LogP contribution in [0.3, 0.4) is 0 Å². The van der Waals surface area contributed by atoms with Crippen LogP contribution in [0.25, 0.3) is 0 Å². The van der Waals surface area contributed by atoms with Gasteiger partial charge in [-0.3, -0.25) is 14.3 Å².